The third-order valence-corrected chi connectivity index (χ3v) is 4.94. The van der Waals surface area contributed by atoms with Crippen molar-refractivity contribution >= 4 is 44.4 Å². The second-order valence-corrected chi connectivity index (χ2v) is 6.53. The molecule has 0 spiro atoms. The van der Waals surface area contributed by atoms with Gasteiger partial charge in [-0.15, -0.1) is 28.3 Å². The minimum Gasteiger partial charge on any atom is -0.456 e. The van der Waals surface area contributed by atoms with E-state index in [-0.39, 0.29) is 29.3 Å². The van der Waals surface area contributed by atoms with E-state index >= 15 is 0 Å². The van der Waals surface area contributed by atoms with Gasteiger partial charge < -0.3 is 9.15 Å². The van der Waals surface area contributed by atoms with Crippen LogP contribution in [0.3, 0.4) is 0 Å². The van der Waals surface area contributed by atoms with Crippen LogP contribution in [0.25, 0.3) is 21.5 Å². The fourth-order valence-electron chi connectivity index (χ4n) is 2.65. The largest absolute Gasteiger partial charge is 0.456 e. The van der Waals surface area contributed by atoms with Crippen molar-refractivity contribution in [3.8, 4) is 11.5 Å². The van der Waals surface area contributed by atoms with Crippen LogP contribution in [0.5, 0.6) is 0 Å². The predicted octanol–water partition coefficient (Wildman–Crippen LogP) is 5.80. The number of benzene rings is 2. The number of hydrogen-bond acceptors (Lipinski definition) is 5. The number of fused-ring (bicyclic) bond motifs is 1. The molecule has 2 heterocycles. The molecule has 26 heavy (non-hydrogen) atoms. The molecule has 0 N–H and O–H groups in total. The summed E-state index contributed by atoms with van der Waals surface area (Å²) in [6, 6.07) is 17.5. The van der Waals surface area contributed by atoms with Crippen LogP contribution in [0.4, 0.5) is 0 Å². The molecular formula is C20H16BrNO3S. The number of aromatic nitrogens is 1. The van der Waals surface area contributed by atoms with Gasteiger partial charge in [-0.25, -0.2) is 9.78 Å². The molecule has 2 aromatic carbocycles. The van der Waals surface area contributed by atoms with Gasteiger partial charge in [-0.3, -0.25) is 0 Å². The van der Waals surface area contributed by atoms with Gasteiger partial charge in [0.2, 0.25) is 5.89 Å². The smallest absolute Gasteiger partial charge is 0.360 e. The van der Waals surface area contributed by atoms with E-state index in [1.807, 2.05) is 53.9 Å². The lowest BCUT2D eigenvalue weighted by molar-refractivity contribution is 0.0466. The van der Waals surface area contributed by atoms with Crippen LogP contribution in [0, 0.1) is 6.92 Å². The third kappa shape index (κ3) is 3.57. The van der Waals surface area contributed by atoms with E-state index in [0.29, 0.717) is 11.7 Å². The molecule has 0 saturated carbocycles. The number of aryl methyl sites for hydroxylation is 1. The zero-order valence-corrected chi connectivity index (χ0v) is 16.5. The fraction of sp³-hybridized carbons (Fsp3) is 0.100. The van der Waals surface area contributed by atoms with Crippen molar-refractivity contribution in [3.05, 3.63) is 77.0 Å². The van der Waals surface area contributed by atoms with Crippen LogP contribution in [-0.4, -0.2) is 11.0 Å². The van der Waals surface area contributed by atoms with Gasteiger partial charge in [-0.2, -0.15) is 0 Å². The number of nitrogens with zero attached hydrogens (tertiary/aromatic N) is 1. The normalized spacial score (nSPS) is 10.5. The molecule has 0 aliphatic carbocycles. The average molecular weight is 430 g/mol. The van der Waals surface area contributed by atoms with E-state index in [1.165, 1.54) is 4.70 Å². The molecule has 0 unspecified atom stereocenters. The molecule has 0 bridgehead atoms. The van der Waals surface area contributed by atoms with Crippen molar-refractivity contribution in [1.82, 2.24) is 4.98 Å². The lowest BCUT2D eigenvalue weighted by Gasteiger charge is -2.02. The first-order chi connectivity index (χ1) is 12.2. The molecule has 0 amide bonds. The summed E-state index contributed by atoms with van der Waals surface area (Å²) in [4.78, 5) is 16.7. The highest BCUT2D eigenvalue weighted by Crippen LogP contribution is 2.27. The van der Waals surface area contributed by atoms with Crippen LogP contribution in [0.15, 0.2) is 64.4 Å². The quantitative estimate of drug-likeness (QED) is 0.384. The van der Waals surface area contributed by atoms with Gasteiger partial charge >= 0.3 is 5.97 Å². The number of rotatable bonds is 4. The first-order valence-corrected chi connectivity index (χ1v) is 8.75. The van der Waals surface area contributed by atoms with E-state index in [1.54, 1.807) is 18.3 Å². The molecule has 0 saturated heterocycles. The number of halogens is 1. The molecule has 0 aliphatic heterocycles. The van der Waals surface area contributed by atoms with Gasteiger partial charge in [0.25, 0.3) is 0 Å². The van der Waals surface area contributed by atoms with E-state index < -0.39 is 5.97 Å². The minimum atomic E-state index is -0.473. The van der Waals surface area contributed by atoms with E-state index in [2.05, 4.69) is 11.1 Å². The number of carbonyl (C=O) groups is 1. The Labute approximate surface area is 165 Å². The molecule has 4 rings (SSSR count). The van der Waals surface area contributed by atoms with Gasteiger partial charge in [0.1, 0.15) is 12.4 Å². The predicted molar refractivity (Wildman–Crippen MR) is 108 cm³/mol. The SMILES string of the molecule is Br.Cc1oc(-c2ccccc2)nc1C(=O)OCc1csc2ccccc12. The zero-order chi connectivity index (χ0) is 17.2. The fourth-order valence-corrected chi connectivity index (χ4v) is 3.59. The van der Waals surface area contributed by atoms with Crippen LogP contribution in [-0.2, 0) is 11.3 Å². The Morgan fingerprint density at radius 2 is 1.85 bits per heavy atom. The highest BCUT2D eigenvalue weighted by molar-refractivity contribution is 8.93. The lowest BCUT2D eigenvalue weighted by atomic mass is 10.2. The maximum Gasteiger partial charge on any atom is 0.360 e. The number of esters is 1. The molecular weight excluding hydrogens is 414 g/mol. The van der Waals surface area contributed by atoms with Crippen LogP contribution in [0.2, 0.25) is 0 Å². The summed E-state index contributed by atoms with van der Waals surface area (Å²) in [6.07, 6.45) is 0. The first kappa shape index (κ1) is 18.4. The van der Waals surface area contributed by atoms with Crippen molar-refractivity contribution in [2.75, 3.05) is 0 Å². The van der Waals surface area contributed by atoms with Gasteiger partial charge in [0.05, 0.1) is 0 Å². The Morgan fingerprint density at radius 1 is 1.12 bits per heavy atom. The Kier molecular flexibility index (Phi) is 5.54. The van der Waals surface area contributed by atoms with Crippen molar-refractivity contribution in [2.45, 2.75) is 13.5 Å². The number of ether oxygens (including phenoxy) is 1. The van der Waals surface area contributed by atoms with E-state index in [4.69, 9.17) is 9.15 Å². The Balaban J connectivity index is 0.00000196. The molecule has 6 heteroatoms. The summed E-state index contributed by atoms with van der Waals surface area (Å²) in [5, 5.41) is 3.13. The average Bonchev–Trinajstić information content (AvgIpc) is 3.24. The number of carbonyl (C=O) groups excluding carboxylic acids is 1. The van der Waals surface area contributed by atoms with Crippen LogP contribution >= 0.6 is 28.3 Å². The van der Waals surface area contributed by atoms with Crippen molar-refractivity contribution in [1.29, 1.82) is 0 Å². The highest BCUT2D eigenvalue weighted by Gasteiger charge is 2.20. The summed E-state index contributed by atoms with van der Waals surface area (Å²) in [5.74, 6) is 0.406. The Hall–Kier alpha value is -2.44. The summed E-state index contributed by atoms with van der Waals surface area (Å²) >= 11 is 1.64. The lowest BCUT2D eigenvalue weighted by Crippen LogP contribution is -2.07. The maximum atomic E-state index is 12.4. The molecule has 2 aromatic heterocycles. The van der Waals surface area contributed by atoms with Crippen molar-refractivity contribution in [2.24, 2.45) is 0 Å². The molecule has 4 aromatic rings. The standard InChI is InChI=1S/C20H15NO3S.BrH/c1-13-18(21-19(24-13)14-7-3-2-4-8-14)20(22)23-11-15-12-25-17-10-6-5-9-16(15)17;/h2-10,12H,11H2,1H3;1H. The molecule has 4 nitrogen and oxygen atoms in total. The second-order valence-electron chi connectivity index (χ2n) is 5.62. The van der Waals surface area contributed by atoms with Gasteiger partial charge in [0.15, 0.2) is 5.69 Å². The van der Waals surface area contributed by atoms with Crippen molar-refractivity contribution < 1.29 is 13.9 Å². The monoisotopic (exact) mass is 429 g/mol. The third-order valence-electron chi connectivity index (χ3n) is 3.93. The summed E-state index contributed by atoms with van der Waals surface area (Å²) in [6.45, 7) is 1.94. The summed E-state index contributed by atoms with van der Waals surface area (Å²) in [5.41, 5.74) is 2.05. The Morgan fingerprint density at radius 3 is 2.65 bits per heavy atom. The molecule has 0 aliphatic rings. The van der Waals surface area contributed by atoms with Crippen molar-refractivity contribution in [3.63, 3.8) is 0 Å². The number of oxazole rings is 1. The van der Waals surface area contributed by atoms with Gasteiger partial charge in [0, 0.05) is 15.8 Å². The highest BCUT2D eigenvalue weighted by atomic mass is 79.9. The van der Waals surface area contributed by atoms with E-state index in [0.717, 1.165) is 16.5 Å². The molecule has 0 radical (unpaired) electrons. The molecule has 0 atom stereocenters. The zero-order valence-electron chi connectivity index (χ0n) is 14.0. The van der Waals surface area contributed by atoms with Gasteiger partial charge in [-0.05, 0) is 35.9 Å². The summed E-state index contributed by atoms with van der Waals surface area (Å²) in [7, 11) is 0. The van der Waals surface area contributed by atoms with Gasteiger partial charge in [-0.1, -0.05) is 36.4 Å². The number of hydrogen-bond donors (Lipinski definition) is 0. The number of thiophene rings is 1. The summed E-state index contributed by atoms with van der Waals surface area (Å²) < 4.78 is 12.3. The van der Waals surface area contributed by atoms with Crippen LogP contribution < -0.4 is 0 Å². The Bertz CT molecular complexity index is 1040. The molecule has 0 fully saturated rings. The van der Waals surface area contributed by atoms with Crippen LogP contribution in [0.1, 0.15) is 21.8 Å². The molecule has 132 valence electrons. The first-order valence-electron chi connectivity index (χ1n) is 7.87. The maximum absolute atomic E-state index is 12.4. The van der Waals surface area contributed by atoms with E-state index in [9.17, 15) is 4.79 Å². The topological polar surface area (TPSA) is 52.3 Å². The minimum absolute atomic E-state index is 0. The second kappa shape index (κ2) is 7.85.